The Morgan fingerprint density at radius 1 is 0.531 bits per heavy atom. The molecule has 1 atom stereocenters. The highest BCUT2D eigenvalue weighted by atomic mass is 16.5. The zero-order valence-corrected chi connectivity index (χ0v) is 22.3. The molecule has 0 aliphatic carbocycles. The summed E-state index contributed by atoms with van der Waals surface area (Å²) in [5, 5.41) is 0. The van der Waals surface area contributed by atoms with Crippen LogP contribution in [0.1, 0.15) is 144 Å². The average Bonchev–Trinajstić information content (AvgIpc) is 2.68. The molecule has 0 aliphatic heterocycles. The molecule has 4 heteroatoms. The molecular weight excluding hydrogens is 400 g/mol. The zero-order valence-electron chi connectivity index (χ0n) is 22.3. The average molecular weight is 455 g/mol. The third-order valence-electron chi connectivity index (χ3n) is 6.06. The topological polar surface area (TPSA) is 52.6 Å². The highest BCUT2D eigenvalue weighted by Gasteiger charge is 2.18. The Morgan fingerprint density at radius 2 is 0.906 bits per heavy atom. The number of esters is 2. The normalized spacial score (nSPS) is 12.5. The largest absolute Gasteiger partial charge is 0.463 e. The fraction of sp³-hybridized carbons (Fsp3) is 0.929. The first-order valence-corrected chi connectivity index (χ1v) is 13.6. The predicted octanol–water partition coefficient (Wildman–Crippen LogP) is 8.40. The number of unbranched alkanes of at least 4 members (excludes halogenated alkanes) is 12. The van der Waals surface area contributed by atoms with Gasteiger partial charge in [-0.25, -0.2) is 0 Å². The summed E-state index contributed by atoms with van der Waals surface area (Å²) in [5.41, 5.74) is 0. The summed E-state index contributed by atoms with van der Waals surface area (Å²) in [5.74, 6) is 0.905. The molecule has 0 aromatic heterocycles. The Kier molecular flexibility index (Phi) is 19.9. The van der Waals surface area contributed by atoms with E-state index in [4.69, 9.17) is 9.47 Å². The lowest BCUT2D eigenvalue weighted by Crippen LogP contribution is -2.19. The molecule has 0 aromatic carbocycles. The monoisotopic (exact) mass is 454 g/mol. The van der Waals surface area contributed by atoms with Gasteiger partial charge in [0.15, 0.2) is 0 Å². The molecule has 0 aromatic rings. The predicted molar refractivity (Wildman–Crippen MR) is 135 cm³/mol. The minimum absolute atomic E-state index is 0.00614. The van der Waals surface area contributed by atoms with Crippen LogP contribution in [0.4, 0.5) is 0 Å². The van der Waals surface area contributed by atoms with Crippen LogP contribution in [0.15, 0.2) is 0 Å². The minimum Gasteiger partial charge on any atom is -0.463 e. The van der Waals surface area contributed by atoms with Gasteiger partial charge in [0.05, 0.1) is 12.2 Å². The van der Waals surface area contributed by atoms with Gasteiger partial charge in [-0.05, 0) is 52.4 Å². The van der Waals surface area contributed by atoms with Gasteiger partial charge in [0.25, 0.3) is 0 Å². The van der Waals surface area contributed by atoms with Gasteiger partial charge >= 0.3 is 11.9 Å². The molecule has 0 aliphatic rings. The van der Waals surface area contributed by atoms with Gasteiger partial charge in [-0.15, -0.1) is 0 Å². The number of hydrogen-bond donors (Lipinski definition) is 0. The Hall–Kier alpha value is -1.06. The first-order valence-electron chi connectivity index (χ1n) is 13.6. The van der Waals surface area contributed by atoms with Crippen molar-refractivity contribution < 1.29 is 19.1 Å². The standard InChI is InChI=1S/C28H54O4/c1-23(2)26(22-28(30)32-25(5)6)20-18-16-14-12-10-8-7-9-11-13-15-17-19-21-27(29)31-24(3)4/h23-26H,7-22H2,1-6H3. The maximum atomic E-state index is 11.9. The number of carbonyl (C=O) groups is 2. The molecule has 0 radical (unpaired) electrons. The minimum atomic E-state index is -0.0499. The second kappa shape index (κ2) is 20.5. The van der Waals surface area contributed by atoms with Crippen LogP contribution in [-0.2, 0) is 19.1 Å². The molecule has 0 fully saturated rings. The van der Waals surface area contributed by atoms with E-state index in [1.165, 1.54) is 70.6 Å². The van der Waals surface area contributed by atoms with Crippen molar-refractivity contribution in [3.63, 3.8) is 0 Å². The fourth-order valence-electron chi connectivity index (χ4n) is 4.14. The van der Waals surface area contributed by atoms with Crippen LogP contribution in [0.5, 0.6) is 0 Å². The molecule has 0 N–H and O–H groups in total. The van der Waals surface area contributed by atoms with E-state index in [9.17, 15) is 9.59 Å². The molecule has 0 saturated carbocycles. The molecule has 32 heavy (non-hydrogen) atoms. The van der Waals surface area contributed by atoms with E-state index in [1.807, 2.05) is 27.7 Å². The van der Waals surface area contributed by atoms with E-state index in [2.05, 4.69) is 13.8 Å². The summed E-state index contributed by atoms with van der Waals surface area (Å²) in [7, 11) is 0. The zero-order chi connectivity index (χ0) is 24.2. The second-order valence-electron chi connectivity index (χ2n) is 10.4. The Bertz CT molecular complexity index is 456. The van der Waals surface area contributed by atoms with Crippen molar-refractivity contribution in [2.45, 2.75) is 156 Å². The molecule has 0 saturated heterocycles. The lowest BCUT2D eigenvalue weighted by Gasteiger charge is -2.20. The summed E-state index contributed by atoms with van der Waals surface area (Å²) in [6, 6.07) is 0. The second-order valence-corrected chi connectivity index (χ2v) is 10.4. The first kappa shape index (κ1) is 30.9. The van der Waals surface area contributed by atoms with Crippen molar-refractivity contribution >= 4 is 11.9 Å². The number of rotatable bonds is 21. The van der Waals surface area contributed by atoms with Gasteiger partial charge < -0.3 is 9.47 Å². The molecular formula is C28H54O4. The Balaban J connectivity index is 3.46. The van der Waals surface area contributed by atoms with E-state index >= 15 is 0 Å². The number of ether oxygens (including phenoxy) is 2. The van der Waals surface area contributed by atoms with Crippen LogP contribution in [0.2, 0.25) is 0 Å². The molecule has 4 nitrogen and oxygen atoms in total. The van der Waals surface area contributed by atoms with E-state index < -0.39 is 0 Å². The van der Waals surface area contributed by atoms with Gasteiger partial charge in [-0.3, -0.25) is 9.59 Å². The number of carbonyl (C=O) groups excluding carboxylic acids is 2. The quantitative estimate of drug-likeness (QED) is 0.129. The van der Waals surface area contributed by atoms with Gasteiger partial charge in [0.1, 0.15) is 0 Å². The maximum absolute atomic E-state index is 11.9. The molecule has 1 unspecified atom stereocenters. The van der Waals surface area contributed by atoms with Gasteiger partial charge in [0.2, 0.25) is 0 Å². The first-order chi connectivity index (χ1) is 15.2. The summed E-state index contributed by atoms with van der Waals surface area (Å²) in [4.78, 5) is 23.4. The Morgan fingerprint density at radius 3 is 1.31 bits per heavy atom. The summed E-state index contributed by atoms with van der Waals surface area (Å²) in [6.07, 6.45) is 18.8. The summed E-state index contributed by atoms with van der Waals surface area (Å²) < 4.78 is 10.5. The fourth-order valence-corrected chi connectivity index (χ4v) is 4.14. The molecule has 0 amide bonds. The van der Waals surface area contributed by atoms with Crippen LogP contribution < -0.4 is 0 Å². The smallest absolute Gasteiger partial charge is 0.306 e. The maximum Gasteiger partial charge on any atom is 0.306 e. The van der Waals surface area contributed by atoms with Crippen molar-refractivity contribution in [1.29, 1.82) is 0 Å². The van der Waals surface area contributed by atoms with Crippen molar-refractivity contribution in [3.8, 4) is 0 Å². The van der Waals surface area contributed by atoms with Crippen molar-refractivity contribution in [3.05, 3.63) is 0 Å². The Labute approximate surface area is 199 Å². The van der Waals surface area contributed by atoms with Crippen LogP contribution in [0.3, 0.4) is 0 Å². The SMILES string of the molecule is CC(C)OC(=O)CCCCCCCCCCCCCCCC(CC(=O)OC(C)C)C(C)C. The van der Waals surface area contributed by atoms with Crippen LogP contribution in [-0.4, -0.2) is 24.1 Å². The third-order valence-corrected chi connectivity index (χ3v) is 6.06. The van der Waals surface area contributed by atoms with E-state index in [0.29, 0.717) is 24.7 Å². The summed E-state index contributed by atoms with van der Waals surface area (Å²) >= 11 is 0. The highest BCUT2D eigenvalue weighted by Crippen LogP contribution is 2.24. The lowest BCUT2D eigenvalue weighted by atomic mass is 9.87. The van der Waals surface area contributed by atoms with Crippen molar-refractivity contribution in [1.82, 2.24) is 0 Å². The van der Waals surface area contributed by atoms with Crippen molar-refractivity contribution in [2.75, 3.05) is 0 Å². The van der Waals surface area contributed by atoms with E-state index in [1.54, 1.807) is 0 Å². The molecule has 0 heterocycles. The van der Waals surface area contributed by atoms with E-state index in [-0.39, 0.29) is 24.1 Å². The van der Waals surface area contributed by atoms with Gasteiger partial charge in [-0.1, -0.05) is 90.9 Å². The number of hydrogen-bond acceptors (Lipinski definition) is 4. The third kappa shape index (κ3) is 20.8. The highest BCUT2D eigenvalue weighted by molar-refractivity contribution is 5.70. The molecule has 190 valence electrons. The lowest BCUT2D eigenvalue weighted by molar-refractivity contribution is -0.149. The van der Waals surface area contributed by atoms with Crippen molar-refractivity contribution in [2.24, 2.45) is 11.8 Å². The van der Waals surface area contributed by atoms with Gasteiger partial charge in [-0.2, -0.15) is 0 Å². The molecule has 0 bridgehead atoms. The van der Waals surface area contributed by atoms with Gasteiger partial charge in [0, 0.05) is 12.8 Å². The molecule has 0 rings (SSSR count). The van der Waals surface area contributed by atoms with Crippen LogP contribution >= 0.6 is 0 Å². The summed E-state index contributed by atoms with van der Waals surface area (Å²) in [6.45, 7) is 12.1. The van der Waals surface area contributed by atoms with Crippen LogP contribution in [0, 0.1) is 11.8 Å². The van der Waals surface area contributed by atoms with Crippen LogP contribution in [0.25, 0.3) is 0 Å². The van der Waals surface area contributed by atoms with E-state index in [0.717, 1.165) is 19.3 Å². The molecule has 0 spiro atoms.